The van der Waals surface area contributed by atoms with Crippen molar-refractivity contribution < 1.29 is 13.5 Å². The van der Waals surface area contributed by atoms with Gasteiger partial charge in [-0.15, -0.1) is 0 Å². The van der Waals surface area contributed by atoms with E-state index in [9.17, 15) is 8.78 Å². The predicted molar refractivity (Wildman–Crippen MR) is 74.9 cm³/mol. The van der Waals surface area contributed by atoms with Crippen molar-refractivity contribution in [2.75, 3.05) is 11.9 Å². The third-order valence-electron chi connectivity index (χ3n) is 2.95. The Balaban J connectivity index is 2.25. The summed E-state index contributed by atoms with van der Waals surface area (Å²) in [4.78, 5) is 0. The van der Waals surface area contributed by atoms with Gasteiger partial charge in [-0.05, 0) is 18.6 Å². The molecule has 4 heteroatoms. The monoisotopic (exact) mass is 271 g/mol. The van der Waals surface area contributed by atoms with Gasteiger partial charge in [0.25, 0.3) is 0 Å². The molecule has 0 amide bonds. The van der Waals surface area contributed by atoms with Gasteiger partial charge in [-0.3, -0.25) is 0 Å². The number of hydrogen-bond donors (Lipinski definition) is 1. The molecule has 0 saturated carbocycles. The summed E-state index contributed by atoms with van der Waals surface area (Å²) in [5.74, 6) is 0.212. The topological polar surface area (TPSA) is 21.3 Å². The summed E-state index contributed by atoms with van der Waals surface area (Å²) in [6.07, 6.45) is 7.28. The molecule has 0 fully saturated rings. The fourth-order valence-electron chi connectivity index (χ4n) is 1.94. The Bertz CT molecular complexity index is 345. The summed E-state index contributed by atoms with van der Waals surface area (Å²) in [5.41, 5.74) is 0.636. The lowest BCUT2D eigenvalue weighted by Crippen LogP contribution is -2.07. The van der Waals surface area contributed by atoms with Crippen molar-refractivity contribution in [3.05, 3.63) is 24.3 Å². The van der Waals surface area contributed by atoms with E-state index in [-0.39, 0.29) is 5.75 Å². The zero-order chi connectivity index (χ0) is 13.9. The van der Waals surface area contributed by atoms with Gasteiger partial charge in [-0.25, -0.2) is 0 Å². The van der Waals surface area contributed by atoms with E-state index in [0.717, 1.165) is 13.0 Å². The van der Waals surface area contributed by atoms with Crippen LogP contribution < -0.4 is 10.1 Å². The smallest absolute Gasteiger partial charge is 0.387 e. The normalized spacial score (nSPS) is 10.7. The van der Waals surface area contributed by atoms with Crippen molar-refractivity contribution in [1.82, 2.24) is 0 Å². The molecule has 0 aliphatic heterocycles. The first kappa shape index (κ1) is 15.7. The van der Waals surface area contributed by atoms with Crippen LogP contribution in [0.4, 0.5) is 14.5 Å². The second-order valence-electron chi connectivity index (χ2n) is 4.57. The van der Waals surface area contributed by atoms with Crippen molar-refractivity contribution in [2.24, 2.45) is 0 Å². The first-order valence-corrected chi connectivity index (χ1v) is 7.01. The van der Waals surface area contributed by atoms with Gasteiger partial charge in [0.2, 0.25) is 0 Å². The zero-order valence-corrected chi connectivity index (χ0v) is 11.5. The summed E-state index contributed by atoms with van der Waals surface area (Å²) >= 11 is 0. The van der Waals surface area contributed by atoms with Crippen LogP contribution in [0.15, 0.2) is 24.3 Å². The van der Waals surface area contributed by atoms with Gasteiger partial charge in [-0.2, -0.15) is 8.78 Å². The molecule has 0 heterocycles. The zero-order valence-electron chi connectivity index (χ0n) is 11.5. The number of hydrogen-bond acceptors (Lipinski definition) is 2. The van der Waals surface area contributed by atoms with E-state index in [0.29, 0.717) is 5.69 Å². The molecule has 0 saturated heterocycles. The fraction of sp³-hybridized carbons (Fsp3) is 0.600. The first-order valence-electron chi connectivity index (χ1n) is 7.01. The number of anilines is 1. The summed E-state index contributed by atoms with van der Waals surface area (Å²) in [6, 6.07) is 6.81. The Morgan fingerprint density at radius 1 is 1.05 bits per heavy atom. The number of rotatable bonds is 10. The van der Waals surface area contributed by atoms with Crippen LogP contribution in [-0.2, 0) is 0 Å². The van der Waals surface area contributed by atoms with Crippen molar-refractivity contribution in [3.8, 4) is 5.75 Å². The van der Waals surface area contributed by atoms with E-state index in [4.69, 9.17) is 0 Å². The second-order valence-corrected chi connectivity index (χ2v) is 4.57. The lowest BCUT2D eigenvalue weighted by Gasteiger charge is -2.12. The van der Waals surface area contributed by atoms with Crippen molar-refractivity contribution in [3.63, 3.8) is 0 Å². The lowest BCUT2D eigenvalue weighted by atomic mass is 10.1. The largest absolute Gasteiger partial charge is 0.433 e. The molecule has 108 valence electrons. The lowest BCUT2D eigenvalue weighted by molar-refractivity contribution is -0.0493. The Morgan fingerprint density at radius 2 is 1.74 bits per heavy atom. The highest BCUT2D eigenvalue weighted by Gasteiger charge is 2.08. The number of ether oxygens (including phenoxy) is 1. The van der Waals surface area contributed by atoms with E-state index < -0.39 is 6.61 Å². The molecule has 0 bridgehead atoms. The molecule has 0 aromatic heterocycles. The number of unbranched alkanes of at least 4 members (excludes halogenated alkanes) is 5. The van der Waals surface area contributed by atoms with E-state index in [1.807, 2.05) is 6.07 Å². The van der Waals surface area contributed by atoms with E-state index in [1.54, 1.807) is 18.2 Å². The Kier molecular flexibility index (Phi) is 7.94. The van der Waals surface area contributed by atoms with Crippen LogP contribution in [0.5, 0.6) is 5.75 Å². The van der Waals surface area contributed by atoms with Gasteiger partial charge in [0.1, 0.15) is 5.75 Å². The molecular formula is C15H23F2NO. The van der Waals surface area contributed by atoms with Crippen LogP contribution in [0.25, 0.3) is 0 Å². The molecule has 1 N–H and O–H groups in total. The highest BCUT2D eigenvalue weighted by Crippen LogP contribution is 2.25. The molecule has 2 nitrogen and oxygen atoms in total. The van der Waals surface area contributed by atoms with E-state index in [1.165, 1.54) is 32.1 Å². The van der Waals surface area contributed by atoms with Crippen molar-refractivity contribution in [1.29, 1.82) is 0 Å². The maximum Gasteiger partial charge on any atom is 0.387 e. The number of halogens is 2. The van der Waals surface area contributed by atoms with Crippen LogP contribution in [-0.4, -0.2) is 13.2 Å². The average molecular weight is 271 g/mol. The number of benzene rings is 1. The molecule has 0 aliphatic carbocycles. The SMILES string of the molecule is CCCCCCCCNc1ccccc1OC(F)F. The standard InChI is InChI=1S/C15H23F2NO/c1-2-3-4-5-6-9-12-18-13-10-7-8-11-14(13)19-15(16)17/h7-8,10-11,15,18H,2-6,9,12H2,1H3. The highest BCUT2D eigenvalue weighted by atomic mass is 19.3. The molecule has 0 aliphatic rings. The number of para-hydroxylation sites is 2. The number of nitrogens with one attached hydrogen (secondary N) is 1. The van der Waals surface area contributed by atoms with Gasteiger partial charge in [0, 0.05) is 6.54 Å². The summed E-state index contributed by atoms with van der Waals surface area (Å²) in [5, 5.41) is 3.15. The van der Waals surface area contributed by atoms with Crippen LogP contribution >= 0.6 is 0 Å². The van der Waals surface area contributed by atoms with Crippen molar-refractivity contribution in [2.45, 2.75) is 52.1 Å². The molecule has 1 rings (SSSR count). The molecule has 0 radical (unpaired) electrons. The quantitative estimate of drug-likeness (QED) is 0.600. The highest BCUT2D eigenvalue weighted by molar-refractivity contribution is 5.56. The number of alkyl halides is 2. The van der Waals surface area contributed by atoms with Crippen LogP contribution in [0.2, 0.25) is 0 Å². The van der Waals surface area contributed by atoms with Gasteiger partial charge in [0.05, 0.1) is 5.69 Å². The Morgan fingerprint density at radius 3 is 2.47 bits per heavy atom. The van der Waals surface area contributed by atoms with Crippen LogP contribution in [0.1, 0.15) is 45.4 Å². The maximum absolute atomic E-state index is 12.2. The van der Waals surface area contributed by atoms with Crippen LogP contribution in [0, 0.1) is 0 Å². The minimum Gasteiger partial charge on any atom is -0.433 e. The maximum atomic E-state index is 12.2. The summed E-state index contributed by atoms with van der Waals surface area (Å²) < 4.78 is 28.9. The molecule has 1 aromatic rings. The predicted octanol–water partition coefficient (Wildman–Crippen LogP) is 5.06. The Hall–Kier alpha value is -1.32. The summed E-state index contributed by atoms with van der Waals surface area (Å²) in [7, 11) is 0. The Labute approximate surface area is 114 Å². The van der Waals surface area contributed by atoms with Gasteiger partial charge in [0.15, 0.2) is 0 Å². The summed E-state index contributed by atoms with van der Waals surface area (Å²) in [6.45, 7) is 0.203. The molecule has 0 unspecified atom stereocenters. The van der Waals surface area contributed by atoms with Crippen LogP contribution in [0.3, 0.4) is 0 Å². The second kappa shape index (κ2) is 9.59. The molecular weight excluding hydrogens is 248 g/mol. The van der Waals surface area contributed by atoms with Crippen molar-refractivity contribution >= 4 is 5.69 Å². The first-order chi connectivity index (χ1) is 9.24. The van der Waals surface area contributed by atoms with E-state index >= 15 is 0 Å². The minimum absolute atomic E-state index is 0.212. The molecule has 1 aromatic carbocycles. The third kappa shape index (κ3) is 6.99. The molecule has 0 atom stereocenters. The molecule has 0 spiro atoms. The average Bonchev–Trinajstić information content (AvgIpc) is 2.39. The van der Waals surface area contributed by atoms with Gasteiger partial charge in [-0.1, -0.05) is 51.2 Å². The molecule has 19 heavy (non-hydrogen) atoms. The minimum atomic E-state index is -2.78. The third-order valence-corrected chi connectivity index (χ3v) is 2.95. The van der Waals surface area contributed by atoms with Gasteiger partial charge >= 0.3 is 6.61 Å². The fourth-order valence-corrected chi connectivity index (χ4v) is 1.94. The van der Waals surface area contributed by atoms with E-state index in [2.05, 4.69) is 17.0 Å². The van der Waals surface area contributed by atoms with Gasteiger partial charge < -0.3 is 10.1 Å².